The smallest absolute Gasteiger partial charge is 0.325 e. The standard InChI is InChI=1S/C32H56N8O10/c1-15(2)10-22(29(46)36-18(7)32(49)50)39-31(48)26(17(5)6)40-30(47)23(11-16(3)4)38-28(45)20(8-9-24(33)42)37-25(43)14-35-27(44)21-12-19(41)13-34-21/h15-23,26,34,41H,8-14H2,1-7H3,(H2,33,42)(H,35,44)(H,36,46)(H,37,43)(H,38,45)(H,39,48)(H,40,47)(H,49,50)/t18-,19+,20-,21-,22-,23-,26-/m0/s1. The number of nitrogens with two attached hydrogens (primary N) is 1. The van der Waals surface area contributed by atoms with Crippen LogP contribution in [0.4, 0.5) is 0 Å². The van der Waals surface area contributed by atoms with Crippen LogP contribution < -0.4 is 43.0 Å². The molecular formula is C32H56N8O10. The Balaban J connectivity index is 3.08. The van der Waals surface area contributed by atoms with E-state index in [1.807, 2.05) is 13.8 Å². The highest BCUT2D eigenvalue weighted by atomic mass is 16.4. The van der Waals surface area contributed by atoms with Crippen LogP contribution in [0.25, 0.3) is 0 Å². The second kappa shape index (κ2) is 21.0. The summed E-state index contributed by atoms with van der Waals surface area (Å²) in [5.74, 6) is -6.82. The molecule has 18 heteroatoms. The van der Waals surface area contributed by atoms with Gasteiger partial charge >= 0.3 is 5.97 Å². The van der Waals surface area contributed by atoms with Crippen molar-refractivity contribution in [3.05, 3.63) is 0 Å². The van der Waals surface area contributed by atoms with E-state index in [0.29, 0.717) is 0 Å². The van der Waals surface area contributed by atoms with Crippen LogP contribution in [-0.4, -0.2) is 113 Å². The van der Waals surface area contributed by atoms with Gasteiger partial charge in [0.25, 0.3) is 0 Å². The summed E-state index contributed by atoms with van der Waals surface area (Å²) in [7, 11) is 0. The highest BCUT2D eigenvalue weighted by Gasteiger charge is 2.34. The molecule has 0 aromatic rings. The maximum absolute atomic E-state index is 13.6. The molecule has 0 bridgehead atoms. The summed E-state index contributed by atoms with van der Waals surface area (Å²) in [4.78, 5) is 101. The topological polar surface area (TPSA) is 287 Å². The molecular weight excluding hydrogens is 656 g/mol. The predicted molar refractivity (Wildman–Crippen MR) is 181 cm³/mol. The van der Waals surface area contributed by atoms with Crippen LogP contribution in [0.3, 0.4) is 0 Å². The van der Waals surface area contributed by atoms with Crippen molar-refractivity contribution in [3.63, 3.8) is 0 Å². The third-order valence-corrected chi connectivity index (χ3v) is 7.83. The van der Waals surface area contributed by atoms with Crippen LogP contribution in [0.5, 0.6) is 0 Å². The van der Waals surface area contributed by atoms with E-state index < -0.39 is 102 Å². The maximum Gasteiger partial charge on any atom is 0.325 e. The predicted octanol–water partition coefficient (Wildman–Crippen LogP) is -2.63. The number of carbonyl (C=O) groups is 8. The van der Waals surface area contributed by atoms with Crippen molar-refractivity contribution in [3.8, 4) is 0 Å². The Hall–Kier alpha value is -4.32. The molecule has 18 nitrogen and oxygen atoms in total. The zero-order valence-electron chi connectivity index (χ0n) is 30.0. The zero-order valence-corrected chi connectivity index (χ0v) is 30.0. The Morgan fingerprint density at radius 1 is 0.740 bits per heavy atom. The van der Waals surface area contributed by atoms with Gasteiger partial charge in [0.2, 0.25) is 41.4 Å². The number of amides is 7. The number of carboxylic acids is 1. The van der Waals surface area contributed by atoms with Gasteiger partial charge in [-0.3, -0.25) is 38.4 Å². The van der Waals surface area contributed by atoms with Crippen molar-refractivity contribution < 1.29 is 48.6 Å². The van der Waals surface area contributed by atoms with Crippen molar-refractivity contribution in [2.75, 3.05) is 13.1 Å². The number of aliphatic carboxylic acids is 1. The van der Waals surface area contributed by atoms with Gasteiger partial charge in [-0.2, -0.15) is 0 Å². The molecule has 1 aliphatic rings. The Morgan fingerprint density at radius 3 is 1.72 bits per heavy atom. The van der Waals surface area contributed by atoms with E-state index in [2.05, 4.69) is 37.2 Å². The normalized spacial score (nSPS) is 18.7. The summed E-state index contributed by atoms with van der Waals surface area (Å²) < 4.78 is 0. The van der Waals surface area contributed by atoms with Gasteiger partial charge in [-0.25, -0.2) is 0 Å². The summed E-state index contributed by atoms with van der Waals surface area (Å²) in [6, 6.07) is -6.62. The zero-order chi connectivity index (χ0) is 38.3. The van der Waals surface area contributed by atoms with E-state index in [1.54, 1.807) is 27.7 Å². The summed E-state index contributed by atoms with van der Waals surface area (Å²) in [5.41, 5.74) is 5.27. The van der Waals surface area contributed by atoms with Gasteiger partial charge in [-0.05, 0) is 50.4 Å². The number of aliphatic hydroxyl groups is 1. The molecule has 1 fully saturated rings. The molecule has 7 amide bonds. The van der Waals surface area contributed by atoms with Crippen LogP contribution in [0.1, 0.15) is 80.6 Å². The molecule has 50 heavy (non-hydrogen) atoms. The quantitative estimate of drug-likeness (QED) is 0.0587. The van der Waals surface area contributed by atoms with Crippen LogP contribution in [0.2, 0.25) is 0 Å². The van der Waals surface area contributed by atoms with Crippen molar-refractivity contribution in [1.29, 1.82) is 0 Å². The number of hydrogen-bond donors (Lipinski definition) is 10. The van der Waals surface area contributed by atoms with Gasteiger partial charge in [0.05, 0.1) is 18.7 Å². The van der Waals surface area contributed by atoms with E-state index in [9.17, 15) is 48.6 Å². The average molecular weight is 713 g/mol. The maximum atomic E-state index is 13.6. The van der Waals surface area contributed by atoms with Gasteiger partial charge in [0.15, 0.2) is 0 Å². The van der Waals surface area contributed by atoms with Gasteiger partial charge in [0.1, 0.15) is 30.2 Å². The minimum atomic E-state index is -1.31. The average Bonchev–Trinajstić information content (AvgIpc) is 3.45. The lowest BCUT2D eigenvalue weighted by atomic mass is 9.98. The first kappa shape index (κ1) is 43.7. The largest absolute Gasteiger partial charge is 0.480 e. The van der Waals surface area contributed by atoms with E-state index in [4.69, 9.17) is 5.73 Å². The van der Waals surface area contributed by atoms with Gasteiger partial charge in [0, 0.05) is 13.0 Å². The van der Waals surface area contributed by atoms with Crippen LogP contribution in [-0.2, 0) is 38.4 Å². The molecule has 11 N–H and O–H groups in total. The number of carboxylic acid groups (broad SMARTS) is 1. The van der Waals surface area contributed by atoms with Crippen molar-refractivity contribution in [2.24, 2.45) is 23.5 Å². The molecule has 284 valence electrons. The first-order valence-corrected chi connectivity index (χ1v) is 16.9. The first-order chi connectivity index (χ1) is 23.2. The number of rotatable bonds is 21. The minimum Gasteiger partial charge on any atom is -0.480 e. The fraction of sp³-hybridized carbons (Fsp3) is 0.750. The van der Waals surface area contributed by atoms with Crippen LogP contribution in [0.15, 0.2) is 0 Å². The number of primary amides is 1. The highest BCUT2D eigenvalue weighted by molar-refractivity contribution is 5.96. The molecule has 0 aliphatic carbocycles. The molecule has 1 heterocycles. The van der Waals surface area contributed by atoms with Crippen molar-refractivity contribution >= 4 is 47.3 Å². The Bertz CT molecular complexity index is 1230. The third-order valence-electron chi connectivity index (χ3n) is 7.83. The molecule has 7 atom stereocenters. The summed E-state index contributed by atoms with van der Waals surface area (Å²) >= 11 is 0. The molecule has 1 aliphatic heterocycles. The molecule has 0 aromatic carbocycles. The van der Waals surface area contributed by atoms with E-state index in [1.165, 1.54) is 6.92 Å². The molecule has 0 spiro atoms. The molecule has 0 aromatic heterocycles. The van der Waals surface area contributed by atoms with Gasteiger partial charge < -0.3 is 53.2 Å². The minimum absolute atomic E-state index is 0.0542. The monoisotopic (exact) mass is 712 g/mol. The van der Waals surface area contributed by atoms with E-state index in [-0.39, 0.29) is 50.5 Å². The summed E-state index contributed by atoms with van der Waals surface area (Å²) in [5, 5.41) is 36.7. The summed E-state index contributed by atoms with van der Waals surface area (Å²) in [6.45, 7) is 11.6. The Morgan fingerprint density at radius 2 is 1.26 bits per heavy atom. The second-order valence-corrected chi connectivity index (χ2v) is 13.9. The number of nitrogens with one attached hydrogen (secondary N) is 7. The van der Waals surface area contributed by atoms with Crippen molar-refractivity contribution in [1.82, 2.24) is 37.2 Å². The number of aliphatic hydroxyl groups excluding tert-OH is 1. The Labute approximate surface area is 292 Å². The number of β-amino-alcohol motifs (C(OH)–C–C–N with tert-alkyl or cyclic N) is 1. The highest BCUT2D eigenvalue weighted by Crippen LogP contribution is 2.12. The fourth-order valence-corrected chi connectivity index (χ4v) is 5.11. The SMILES string of the molecule is CC(C)C[C@H](NC(=O)[C@H](CCC(N)=O)NC(=O)CNC(=O)[C@@H]1C[C@@H](O)CN1)C(=O)N[C@H](C(=O)N[C@@H](CC(C)C)C(=O)N[C@@H](C)C(=O)O)C(C)C. The molecule has 0 saturated carbocycles. The van der Waals surface area contributed by atoms with Crippen LogP contribution in [0, 0.1) is 17.8 Å². The first-order valence-electron chi connectivity index (χ1n) is 16.9. The third kappa shape index (κ3) is 15.9. The van der Waals surface area contributed by atoms with Crippen LogP contribution >= 0.6 is 0 Å². The molecule has 1 saturated heterocycles. The van der Waals surface area contributed by atoms with Gasteiger partial charge in [-0.1, -0.05) is 41.5 Å². The number of hydrogen-bond acceptors (Lipinski definition) is 10. The van der Waals surface area contributed by atoms with Gasteiger partial charge in [-0.15, -0.1) is 0 Å². The molecule has 1 rings (SSSR count). The van der Waals surface area contributed by atoms with E-state index in [0.717, 1.165) is 0 Å². The van der Waals surface area contributed by atoms with Crippen molar-refractivity contribution in [2.45, 2.75) is 123 Å². The lowest BCUT2D eigenvalue weighted by Crippen LogP contribution is -2.60. The second-order valence-electron chi connectivity index (χ2n) is 13.9. The molecule has 0 radical (unpaired) electrons. The molecule has 0 unspecified atom stereocenters. The summed E-state index contributed by atoms with van der Waals surface area (Å²) in [6.07, 6.45) is -0.675. The lowest BCUT2D eigenvalue weighted by Gasteiger charge is -2.29. The number of carbonyl (C=O) groups excluding carboxylic acids is 7. The van der Waals surface area contributed by atoms with E-state index >= 15 is 0 Å². The fourth-order valence-electron chi connectivity index (χ4n) is 5.11. The lowest BCUT2D eigenvalue weighted by molar-refractivity contribution is -0.142. The Kier molecular flexibility index (Phi) is 18.4.